The summed E-state index contributed by atoms with van der Waals surface area (Å²) in [5.41, 5.74) is 0.646. The number of carbonyl (C=O) groups is 1. The van der Waals surface area contributed by atoms with E-state index in [0.717, 1.165) is 5.56 Å². The number of fused-ring (bicyclic) bond motifs is 1. The molecule has 0 aliphatic carbocycles. The molecular formula is C19H15BrClNO5. The number of carbonyl (C=O) groups excluding carboxylic acids is 1. The second-order valence-electron chi connectivity index (χ2n) is 5.48. The first kappa shape index (κ1) is 19.3. The predicted molar refractivity (Wildman–Crippen MR) is 107 cm³/mol. The molecule has 0 saturated heterocycles. The number of ether oxygens (including phenoxy) is 2. The van der Waals surface area contributed by atoms with Gasteiger partial charge in [0.15, 0.2) is 0 Å². The van der Waals surface area contributed by atoms with Gasteiger partial charge in [-0.3, -0.25) is 5.32 Å². The van der Waals surface area contributed by atoms with Gasteiger partial charge in [0.05, 0.1) is 5.39 Å². The predicted octanol–water partition coefficient (Wildman–Crippen LogP) is 4.97. The topological polar surface area (TPSA) is 77.8 Å². The number of rotatable bonds is 6. The highest BCUT2D eigenvalue weighted by molar-refractivity contribution is 9.09. The Morgan fingerprint density at radius 3 is 2.67 bits per heavy atom. The van der Waals surface area contributed by atoms with Gasteiger partial charge in [0.2, 0.25) is 0 Å². The van der Waals surface area contributed by atoms with E-state index in [-0.39, 0.29) is 23.0 Å². The molecule has 27 heavy (non-hydrogen) atoms. The maximum absolute atomic E-state index is 12.2. The molecule has 0 radical (unpaired) electrons. The molecule has 0 spiro atoms. The van der Waals surface area contributed by atoms with Crippen molar-refractivity contribution in [3.63, 3.8) is 0 Å². The molecule has 0 atom stereocenters. The molecule has 0 saturated carbocycles. The lowest BCUT2D eigenvalue weighted by molar-refractivity contribution is 0.155. The molecule has 140 valence electrons. The van der Waals surface area contributed by atoms with Gasteiger partial charge in [0.25, 0.3) is 0 Å². The lowest BCUT2D eigenvalue weighted by atomic mass is 10.1. The molecular weight excluding hydrogens is 438 g/mol. The molecule has 1 N–H and O–H groups in total. The van der Waals surface area contributed by atoms with Gasteiger partial charge in [0.1, 0.15) is 18.2 Å². The van der Waals surface area contributed by atoms with Crippen molar-refractivity contribution in [1.82, 2.24) is 0 Å². The highest BCUT2D eigenvalue weighted by Gasteiger charge is 2.15. The first-order chi connectivity index (χ1) is 13.1. The van der Waals surface area contributed by atoms with Crippen molar-refractivity contribution in [1.29, 1.82) is 0 Å². The van der Waals surface area contributed by atoms with Crippen LogP contribution < -0.4 is 15.7 Å². The normalized spacial score (nSPS) is 10.6. The average molecular weight is 453 g/mol. The fourth-order valence-electron chi connectivity index (χ4n) is 2.38. The zero-order valence-corrected chi connectivity index (χ0v) is 16.4. The van der Waals surface area contributed by atoms with Crippen molar-refractivity contribution in [2.45, 2.75) is 6.61 Å². The third-order valence-electron chi connectivity index (χ3n) is 3.61. The minimum Gasteiger partial charge on any atom is -0.463 e. The summed E-state index contributed by atoms with van der Waals surface area (Å²) < 4.78 is 15.6. The van der Waals surface area contributed by atoms with E-state index in [0.29, 0.717) is 23.0 Å². The highest BCUT2D eigenvalue weighted by atomic mass is 79.9. The Hall–Kier alpha value is -2.51. The van der Waals surface area contributed by atoms with Crippen LogP contribution in [0.4, 0.5) is 10.5 Å². The lowest BCUT2D eigenvalue weighted by Gasteiger charge is -2.09. The SMILES string of the molecule is O=C(Nc1ccc2c(Cl)c(OCCBr)oc(=O)c2c1)OCc1ccccc1. The molecule has 0 bridgehead atoms. The zero-order valence-electron chi connectivity index (χ0n) is 14.0. The second-order valence-corrected chi connectivity index (χ2v) is 6.65. The molecule has 0 fully saturated rings. The second kappa shape index (κ2) is 8.92. The maximum Gasteiger partial charge on any atom is 0.411 e. The van der Waals surface area contributed by atoms with Crippen molar-refractivity contribution in [3.8, 4) is 5.95 Å². The summed E-state index contributed by atoms with van der Waals surface area (Å²) in [6.45, 7) is 0.448. The standard InChI is InChI=1S/C19H15BrClNO5/c20-8-9-25-18-16(21)14-7-6-13(10-15(14)17(23)27-18)22-19(24)26-11-12-4-2-1-3-5-12/h1-7,10H,8-9,11H2,(H,22,24). The van der Waals surface area contributed by atoms with Crippen LogP contribution in [-0.4, -0.2) is 18.0 Å². The number of hydrogen-bond acceptors (Lipinski definition) is 5. The van der Waals surface area contributed by atoms with Crippen LogP contribution in [0.25, 0.3) is 10.8 Å². The molecule has 0 aliphatic heterocycles. The number of nitrogens with one attached hydrogen (secondary N) is 1. The summed E-state index contributed by atoms with van der Waals surface area (Å²) in [6, 6.07) is 14.0. The average Bonchev–Trinajstić information content (AvgIpc) is 2.69. The van der Waals surface area contributed by atoms with E-state index >= 15 is 0 Å². The molecule has 2 aromatic carbocycles. The van der Waals surface area contributed by atoms with E-state index in [4.69, 9.17) is 25.5 Å². The number of halogens is 2. The Kier molecular flexibility index (Phi) is 6.36. The first-order valence-corrected chi connectivity index (χ1v) is 9.51. The first-order valence-electron chi connectivity index (χ1n) is 8.01. The number of alkyl halides is 1. The molecule has 0 aliphatic rings. The van der Waals surface area contributed by atoms with Crippen molar-refractivity contribution < 1.29 is 18.7 Å². The van der Waals surface area contributed by atoms with Crippen molar-refractivity contribution >= 4 is 50.1 Å². The summed E-state index contributed by atoms with van der Waals surface area (Å²) in [5, 5.41) is 4.05. The van der Waals surface area contributed by atoms with E-state index in [2.05, 4.69) is 21.2 Å². The van der Waals surface area contributed by atoms with Crippen LogP contribution in [0.3, 0.4) is 0 Å². The molecule has 0 unspecified atom stereocenters. The number of hydrogen-bond donors (Lipinski definition) is 1. The quantitative estimate of drug-likeness (QED) is 0.534. The van der Waals surface area contributed by atoms with E-state index in [1.54, 1.807) is 12.1 Å². The molecule has 8 heteroatoms. The lowest BCUT2D eigenvalue weighted by Crippen LogP contribution is -2.14. The number of benzene rings is 2. The molecule has 1 heterocycles. The monoisotopic (exact) mass is 451 g/mol. The van der Waals surface area contributed by atoms with Crippen molar-refractivity contribution in [2.24, 2.45) is 0 Å². The van der Waals surface area contributed by atoms with Crippen LogP contribution in [0.15, 0.2) is 57.7 Å². The van der Waals surface area contributed by atoms with E-state index in [1.807, 2.05) is 30.3 Å². The maximum atomic E-state index is 12.2. The van der Waals surface area contributed by atoms with Gasteiger partial charge in [-0.15, -0.1) is 0 Å². The summed E-state index contributed by atoms with van der Waals surface area (Å²) in [7, 11) is 0. The minimum atomic E-state index is -0.633. The van der Waals surface area contributed by atoms with Crippen LogP contribution >= 0.6 is 27.5 Å². The van der Waals surface area contributed by atoms with Gasteiger partial charge >= 0.3 is 17.7 Å². The Morgan fingerprint density at radius 1 is 1.15 bits per heavy atom. The summed E-state index contributed by atoms with van der Waals surface area (Å²) in [5.74, 6) is -0.0309. The largest absolute Gasteiger partial charge is 0.463 e. The Labute approximate surface area is 168 Å². The molecule has 1 amide bonds. The van der Waals surface area contributed by atoms with Crippen molar-refractivity contribution in [2.75, 3.05) is 17.3 Å². The third-order valence-corrected chi connectivity index (χ3v) is 4.29. The van der Waals surface area contributed by atoms with Crippen LogP contribution in [0, 0.1) is 0 Å². The molecule has 3 aromatic rings. The van der Waals surface area contributed by atoms with Crippen LogP contribution in [0.1, 0.15) is 5.56 Å². The van der Waals surface area contributed by atoms with Crippen molar-refractivity contribution in [3.05, 3.63) is 69.5 Å². The van der Waals surface area contributed by atoms with E-state index < -0.39 is 11.7 Å². The van der Waals surface area contributed by atoms with Crippen LogP contribution in [0.2, 0.25) is 5.02 Å². The summed E-state index contributed by atoms with van der Waals surface area (Å²) in [6.07, 6.45) is -0.633. The summed E-state index contributed by atoms with van der Waals surface area (Å²) >= 11 is 9.46. The smallest absolute Gasteiger partial charge is 0.411 e. The Bertz CT molecular complexity index is 1010. The zero-order chi connectivity index (χ0) is 19.2. The van der Waals surface area contributed by atoms with Crippen LogP contribution in [-0.2, 0) is 11.3 Å². The van der Waals surface area contributed by atoms with Gasteiger partial charge in [-0.1, -0.05) is 63.9 Å². The van der Waals surface area contributed by atoms with Crippen LogP contribution in [0.5, 0.6) is 5.95 Å². The van der Waals surface area contributed by atoms with Gasteiger partial charge < -0.3 is 13.9 Å². The van der Waals surface area contributed by atoms with Gasteiger partial charge in [0, 0.05) is 16.4 Å². The van der Waals surface area contributed by atoms with Gasteiger partial charge in [-0.2, -0.15) is 0 Å². The fraction of sp³-hybridized carbons (Fsp3) is 0.158. The Morgan fingerprint density at radius 2 is 1.93 bits per heavy atom. The van der Waals surface area contributed by atoms with Gasteiger partial charge in [-0.05, 0) is 17.7 Å². The number of anilines is 1. The highest BCUT2D eigenvalue weighted by Crippen LogP contribution is 2.31. The Balaban J connectivity index is 1.75. The van der Waals surface area contributed by atoms with E-state index in [9.17, 15) is 9.59 Å². The molecule has 1 aromatic heterocycles. The third kappa shape index (κ3) is 4.81. The van der Waals surface area contributed by atoms with Gasteiger partial charge in [-0.25, -0.2) is 9.59 Å². The van der Waals surface area contributed by atoms with E-state index in [1.165, 1.54) is 6.07 Å². The molecule has 3 rings (SSSR count). The minimum absolute atomic E-state index is 0.0309. The molecule has 6 nitrogen and oxygen atoms in total. The number of amides is 1. The summed E-state index contributed by atoms with van der Waals surface area (Å²) in [4.78, 5) is 24.2. The fourth-order valence-corrected chi connectivity index (χ4v) is 2.80.